The van der Waals surface area contributed by atoms with Crippen molar-refractivity contribution in [3.8, 4) is 0 Å². The summed E-state index contributed by atoms with van der Waals surface area (Å²) in [7, 11) is -0.668. The maximum atomic E-state index is 6.06. The Morgan fingerprint density at radius 1 is 0.722 bits per heavy atom. The van der Waals surface area contributed by atoms with Crippen LogP contribution in [0, 0.1) is 0 Å². The molecule has 110 valence electrons. The van der Waals surface area contributed by atoms with Gasteiger partial charge in [0.2, 0.25) is 0 Å². The molecule has 0 bridgehead atoms. The first-order valence-corrected chi connectivity index (χ1v) is 10.8. The van der Waals surface area contributed by atoms with Gasteiger partial charge >= 0.3 is 0 Å². The van der Waals surface area contributed by atoms with Crippen molar-refractivity contribution >= 4 is 19.5 Å². The largest absolute Gasteiger partial charge is 0.419 e. The third-order valence-electron chi connectivity index (χ3n) is 3.23. The molecular formula is C14H34O2Si2. The van der Waals surface area contributed by atoms with E-state index in [2.05, 4.69) is 41.5 Å². The lowest BCUT2D eigenvalue weighted by Gasteiger charge is -2.26. The van der Waals surface area contributed by atoms with Crippen LogP contribution < -0.4 is 0 Å². The van der Waals surface area contributed by atoms with E-state index in [0.29, 0.717) is 0 Å². The highest BCUT2D eigenvalue weighted by Gasteiger charge is 2.17. The van der Waals surface area contributed by atoms with Gasteiger partial charge in [-0.1, -0.05) is 26.7 Å². The highest BCUT2D eigenvalue weighted by atomic mass is 28.2. The number of hydrogen-bond acceptors (Lipinski definition) is 2. The molecule has 0 rings (SSSR count). The fraction of sp³-hybridized carbons (Fsp3) is 1.00. The van der Waals surface area contributed by atoms with E-state index in [1.54, 1.807) is 0 Å². The van der Waals surface area contributed by atoms with Crippen LogP contribution in [0.15, 0.2) is 0 Å². The van der Waals surface area contributed by atoms with Crippen molar-refractivity contribution in [3.05, 3.63) is 0 Å². The molecule has 18 heavy (non-hydrogen) atoms. The van der Waals surface area contributed by atoms with Gasteiger partial charge in [0.15, 0.2) is 19.5 Å². The third kappa shape index (κ3) is 10.3. The fourth-order valence-electron chi connectivity index (χ4n) is 2.25. The molecule has 0 aliphatic carbocycles. The van der Waals surface area contributed by atoms with E-state index in [1.807, 2.05) is 0 Å². The van der Waals surface area contributed by atoms with Gasteiger partial charge in [0.25, 0.3) is 0 Å². The SMILES string of the molecule is CCCC(C)(C)O[SiH2]CC[SiH2]OC(C)(C)CCC. The van der Waals surface area contributed by atoms with E-state index in [-0.39, 0.29) is 30.7 Å². The van der Waals surface area contributed by atoms with E-state index in [0.717, 1.165) is 0 Å². The number of rotatable bonds is 11. The molecule has 0 fully saturated rings. The van der Waals surface area contributed by atoms with Gasteiger partial charge in [-0.05, 0) is 52.6 Å². The van der Waals surface area contributed by atoms with Gasteiger partial charge in [-0.25, -0.2) is 0 Å². The van der Waals surface area contributed by atoms with Gasteiger partial charge in [0.1, 0.15) is 0 Å². The molecule has 2 nitrogen and oxygen atoms in total. The van der Waals surface area contributed by atoms with Gasteiger partial charge in [0.05, 0.1) is 0 Å². The Morgan fingerprint density at radius 3 is 1.33 bits per heavy atom. The Kier molecular flexibility index (Phi) is 9.47. The summed E-state index contributed by atoms with van der Waals surface area (Å²) in [5, 5.41) is 0. The van der Waals surface area contributed by atoms with E-state index in [9.17, 15) is 0 Å². The van der Waals surface area contributed by atoms with E-state index in [1.165, 1.54) is 37.8 Å². The predicted octanol–water partition coefficient (Wildman–Crippen LogP) is 3.18. The molecule has 0 N–H and O–H groups in total. The van der Waals surface area contributed by atoms with Gasteiger partial charge in [-0.2, -0.15) is 0 Å². The van der Waals surface area contributed by atoms with Gasteiger partial charge in [-0.3, -0.25) is 0 Å². The van der Waals surface area contributed by atoms with Crippen molar-refractivity contribution in [3.63, 3.8) is 0 Å². The maximum Gasteiger partial charge on any atom is 0.162 e. The van der Waals surface area contributed by atoms with Crippen molar-refractivity contribution in [2.45, 2.75) is 90.5 Å². The van der Waals surface area contributed by atoms with Gasteiger partial charge < -0.3 is 8.85 Å². The molecule has 0 aromatic rings. The lowest BCUT2D eigenvalue weighted by atomic mass is 10.0. The van der Waals surface area contributed by atoms with Crippen LogP contribution in [-0.4, -0.2) is 30.7 Å². The van der Waals surface area contributed by atoms with Crippen LogP contribution in [0.5, 0.6) is 0 Å². The first kappa shape index (κ1) is 18.4. The van der Waals surface area contributed by atoms with Crippen LogP contribution in [0.1, 0.15) is 67.2 Å². The summed E-state index contributed by atoms with van der Waals surface area (Å²) in [6, 6.07) is 2.59. The Morgan fingerprint density at radius 2 is 1.06 bits per heavy atom. The van der Waals surface area contributed by atoms with Crippen LogP contribution >= 0.6 is 0 Å². The highest BCUT2D eigenvalue weighted by molar-refractivity contribution is 6.34. The minimum Gasteiger partial charge on any atom is -0.419 e. The topological polar surface area (TPSA) is 18.5 Å². The summed E-state index contributed by atoms with van der Waals surface area (Å²) < 4.78 is 12.1. The van der Waals surface area contributed by atoms with Crippen molar-refractivity contribution in [1.29, 1.82) is 0 Å². The molecule has 0 heterocycles. The smallest absolute Gasteiger partial charge is 0.162 e. The zero-order valence-electron chi connectivity index (χ0n) is 13.5. The molecule has 0 saturated heterocycles. The second kappa shape index (κ2) is 9.29. The standard InChI is InChI=1S/C14H34O2Si2/c1-7-9-13(3,4)15-17-11-12-18-16-14(5,6)10-8-2/h7-12,17-18H2,1-6H3. The average molecular weight is 291 g/mol. The van der Waals surface area contributed by atoms with Crippen LogP contribution in [0.3, 0.4) is 0 Å². The predicted molar refractivity (Wildman–Crippen MR) is 86.8 cm³/mol. The Labute approximate surface area is 119 Å². The second-order valence-corrected chi connectivity index (χ2v) is 9.23. The van der Waals surface area contributed by atoms with E-state index in [4.69, 9.17) is 8.85 Å². The summed E-state index contributed by atoms with van der Waals surface area (Å²) in [5.41, 5.74) is 0.232. The monoisotopic (exact) mass is 290 g/mol. The normalized spacial score (nSPS) is 14.3. The minimum absolute atomic E-state index is 0.116. The Hall–Kier alpha value is 0.354. The molecule has 0 aromatic carbocycles. The molecule has 0 aliphatic heterocycles. The van der Waals surface area contributed by atoms with E-state index < -0.39 is 0 Å². The van der Waals surface area contributed by atoms with Gasteiger partial charge in [-0.15, -0.1) is 0 Å². The zero-order chi connectivity index (χ0) is 14.1. The van der Waals surface area contributed by atoms with Crippen LogP contribution in [0.4, 0.5) is 0 Å². The highest BCUT2D eigenvalue weighted by Crippen LogP contribution is 2.17. The van der Waals surface area contributed by atoms with Crippen LogP contribution in [0.2, 0.25) is 12.1 Å². The summed E-state index contributed by atoms with van der Waals surface area (Å²) in [4.78, 5) is 0. The molecule has 0 saturated carbocycles. The second-order valence-electron chi connectivity index (χ2n) is 6.42. The first-order valence-electron chi connectivity index (χ1n) is 7.61. The van der Waals surface area contributed by atoms with Gasteiger partial charge in [0, 0.05) is 11.2 Å². The Bertz CT molecular complexity index is 184. The quantitative estimate of drug-likeness (QED) is 0.430. The Balaban J connectivity index is 3.52. The maximum absolute atomic E-state index is 6.06. The molecule has 0 radical (unpaired) electrons. The molecular weight excluding hydrogens is 256 g/mol. The molecule has 0 aliphatic rings. The summed E-state index contributed by atoms with van der Waals surface area (Å²) in [6.45, 7) is 13.3. The molecule has 0 amide bonds. The minimum atomic E-state index is -0.334. The molecule has 0 aromatic heterocycles. The lowest BCUT2D eigenvalue weighted by Crippen LogP contribution is -2.27. The van der Waals surface area contributed by atoms with E-state index >= 15 is 0 Å². The third-order valence-corrected chi connectivity index (χ3v) is 7.78. The summed E-state index contributed by atoms with van der Waals surface area (Å²) in [5.74, 6) is 0. The lowest BCUT2D eigenvalue weighted by molar-refractivity contribution is 0.101. The average Bonchev–Trinajstić information content (AvgIpc) is 2.22. The molecule has 0 unspecified atom stereocenters. The molecule has 0 atom stereocenters. The first-order chi connectivity index (χ1) is 8.33. The molecule has 0 spiro atoms. The van der Waals surface area contributed by atoms with Crippen LogP contribution in [-0.2, 0) is 8.85 Å². The molecule has 4 heteroatoms. The zero-order valence-corrected chi connectivity index (χ0v) is 16.3. The van der Waals surface area contributed by atoms with Crippen molar-refractivity contribution in [2.24, 2.45) is 0 Å². The summed E-state index contributed by atoms with van der Waals surface area (Å²) in [6.07, 6.45) is 4.78. The summed E-state index contributed by atoms with van der Waals surface area (Å²) >= 11 is 0. The van der Waals surface area contributed by atoms with Crippen molar-refractivity contribution < 1.29 is 8.85 Å². The van der Waals surface area contributed by atoms with Crippen molar-refractivity contribution in [2.75, 3.05) is 0 Å². The van der Waals surface area contributed by atoms with Crippen LogP contribution in [0.25, 0.3) is 0 Å². The fourth-order valence-corrected chi connectivity index (χ4v) is 5.57. The van der Waals surface area contributed by atoms with Crippen molar-refractivity contribution in [1.82, 2.24) is 0 Å². The number of hydrogen-bond donors (Lipinski definition) is 0.